The average Bonchev–Trinajstić information content (AvgIpc) is 2.70. The van der Waals surface area contributed by atoms with Crippen molar-refractivity contribution in [1.82, 2.24) is 0 Å². The molecule has 16 heavy (non-hydrogen) atoms. The summed E-state index contributed by atoms with van der Waals surface area (Å²) in [5.41, 5.74) is 0. The zero-order valence-corrected chi connectivity index (χ0v) is 9.94. The van der Waals surface area contributed by atoms with Gasteiger partial charge in [0.05, 0.1) is 19.5 Å². The van der Waals surface area contributed by atoms with Gasteiger partial charge in [-0.3, -0.25) is 9.05 Å². The Morgan fingerprint density at radius 2 is 2.00 bits per heavy atom. The Morgan fingerprint density at radius 3 is 2.44 bits per heavy atom. The van der Waals surface area contributed by atoms with E-state index in [0.29, 0.717) is 0 Å². The fraction of sp³-hybridized carbons (Fsp3) is 0.444. The molecule has 0 saturated carbocycles. The van der Waals surface area contributed by atoms with E-state index in [1.54, 1.807) is 13.8 Å². The van der Waals surface area contributed by atoms with Crippen LogP contribution < -0.4 is 0 Å². The number of carbonyl (C=O) groups is 1. The highest BCUT2D eigenvalue weighted by Crippen LogP contribution is 2.49. The maximum Gasteiger partial charge on any atom is 0.532 e. The van der Waals surface area contributed by atoms with Crippen molar-refractivity contribution in [3.63, 3.8) is 0 Å². The first-order valence-corrected chi connectivity index (χ1v) is 6.24. The summed E-state index contributed by atoms with van der Waals surface area (Å²) in [6, 6.07) is 2.91. The monoisotopic (exact) mass is 248 g/mol. The van der Waals surface area contributed by atoms with Crippen LogP contribution in [0.15, 0.2) is 22.8 Å². The second-order valence-corrected chi connectivity index (χ2v) is 4.23. The Labute approximate surface area is 93.1 Å². The molecule has 0 aliphatic rings. The lowest BCUT2D eigenvalue weighted by Gasteiger charge is -2.14. The number of rotatable bonds is 6. The molecular weight excluding hydrogens is 235 g/mol. The zero-order valence-electron chi connectivity index (χ0n) is 9.04. The Balaban J connectivity index is 2.69. The first kappa shape index (κ1) is 13.0. The summed E-state index contributed by atoms with van der Waals surface area (Å²) in [5, 5.41) is 0. The van der Waals surface area contributed by atoms with Gasteiger partial charge in [-0.15, -0.1) is 0 Å². The first-order valence-electron chi connectivity index (χ1n) is 4.78. The van der Waals surface area contributed by atoms with Gasteiger partial charge in [0.2, 0.25) is 5.76 Å². The van der Waals surface area contributed by atoms with E-state index < -0.39 is 13.8 Å². The Bertz CT molecular complexity index is 361. The van der Waals surface area contributed by atoms with Crippen molar-refractivity contribution in [2.75, 3.05) is 13.2 Å². The fourth-order valence-corrected chi connectivity index (χ4v) is 2.05. The zero-order chi connectivity index (χ0) is 12.0. The molecule has 0 N–H and O–H groups in total. The quantitative estimate of drug-likeness (QED) is 0.720. The number of furan rings is 1. The number of phosphoric ester groups is 1. The minimum absolute atomic E-state index is 0.0559. The van der Waals surface area contributed by atoms with Crippen molar-refractivity contribution < 1.29 is 27.3 Å². The molecule has 0 aliphatic carbocycles. The van der Waals surface area contributed by atoms with E-state index in [-0.39, 0.29) is 19.0 Å². The third-order valence-electron chi connectivity index (χ3n) is 1.49. The third-order valence-corrected chi connectivity index (χ3v) is 3.03. The third kappa shape index (κ3) is 3.48. The molecule has 0 unspecified atom stereocenters. The van der Waals surface area contributed by atoms with Crippen LogP contribution in [0.25, 0.3) is 0 Å². The highest BCUT2D eigenvalue weighted by molar-refractivity contribution is 7.49. The molecule has 6 nitrogen and oxygen atoms in total. The molecule has 1 aromatic heterocycles. The number of hydrogen-bond donors (Lipinski definition) is 0. The molecule has 0 radical (unpaired) electrons. The van der Waals surface area contributed by atoms with Gasteiger partial charge in [-0.25, -0.2) is 9.36 Å². The van der Waals surface area contributed by atoms with E-state index in [2.05, 4.69) is 4.52 Å². The van der Waals surface area contributed by atoms with Gasteiger partial charge in [-0.05, 0) is 26.0 Å². The second-order valence-electron chi connectivity index (χ2n) is 2.64. The Hall–Kier alpha value is -1.10. The predicted molar refractivity (Wildman–Crippen MR) is 55.0 cm³/mol. The van der Waals surface area contributed by atoms with Crippen molar-refractivity contribution in [3.8, 4) is 0 Å². The van der Waals surface area contributed by atoms with Crippen LogP contribution in [-0.4, -0.2) is 19.2 Å². The lowest BCUT2D eigenvalue weighted by molar-refractivity contribution is 0.0573. The SMILES string of the molecule is CCOP(=O)(OCC)OC(=O)c1ccco1. The molecule has 1 rings (SSSR count). The largest absolute Gasteiger partial charge is 0.532 e. The minimum atomic E-state index is -3.83. The number of carbonyl (C=O) groups excluding carboxylic acids is 1. The van der Waals surface area contributed by atoms with Crippen molar-refractivity contribution >= 4 is 13.8 Å². The van der Waals surface area contributed by atoms with Gasteiger partial charge in [0.25, 0.3) is 0 Å². The summed E-state index contributed by atoms with van der Waals surface area (Å²) in [6.07, 6.45) is 1.31. The van der Waals surface area contributed by atoms with E-state index in [0.717, 1.165) is 0 Å². The van der Waals surface area contributed by atoms with Gasteiger partial charge >= 0.3 is 13.8 Å². The van der Waals surface area contributed by atoms with Crippen molar-refractivity contribution in [3.05, 3.63) is 24.2 Å². The predicted octanol–water partition coefficient (Wildman–Crippen LogP) is 2.62. The van der Waals surface area contributed by atoms with Gasteiger partial charge in [-0.2, -0.15) is 0 Å². The van der Waals surface area contributed by atoms with Gasteiger partial charge in [0, 0.05) is 0 Å². The van der Waals surface area contributed by atoms with E-state index in [9.17, 15) is 9.36 Å². The van der Waals surface area contributed by atoms with Crippen LogP contribution in [0.1, 0.15) is 24.4 Å². The molecule has 0 fully saturated rings. The lowest BCUT2D eigenvalue weighted by Crippen LogP contribution is -2.06. The van der Waals surface area contributed by atoms with Crippen LogP contribution in [0.3, 0.4) is 0 Å². The minimum Gasteiger partial charge on any atom is -0.457 e. The normalized spacial score (nSPS) is 11.4. The standard InChI is InChI=1S/C9H13O6P/c1-3-13-16(11,14-4-2)15-9(10)8-6-5-7-12-8/h5-7H,3-4H2,1-2H3. The molecule has 0 amide bonds. The van der Waals surface area contributed by atoms with Crippen molar-refractivity contribution in [2.24, 2.45) is 0 Å². The van der Waals surface area contributed by atoms with Gasteiger partial charge in [0.1, 0.15) is 0 Å². The molecule has 7 heteroatoms. The van der Waals surface area contributed by atoms with Gasteiger partial charge in [-0.1, -0.05) is 0 Å². The highest BCUT2D eigenvalue weighted by Gasteiger charge is 2.31. The molecule has 90 valence electrons. The molecule has 1 aromatic rings. The van der Waals surface area contributed by atoms with Gasteiger partial charge in [0.15, 0.2) is 0 Å². The van der Waals surface area contributed by atoms with Gasteiger partial charge < -0.3 is 8.94 Å². The molecule has 0 atom stereocenters. The molecule has 0 saturated heterocycles. The van der Waals surface area contributed by atoms with Crippen LogP contribution in [0.4, 0.5) is 0 Å². The molecule has 0 aliphatic heterocycles. The smallest absolute Gasteiger partial charge is 0.457 e. The Kier molecular flexibility index (Phi) is 4.73. The summed E-state index contributed by atoms with van der Waals surface area (Å²) in [5.74, 6) is -0.935. The summed E-state index contributed by atoms with van der Waals surface area (Å²) in [4.78, 5) is 11.4. The van der Waals surface area contributed by atoms with Crippen LogP contribution >= 0.6 is 7.82 Å². The van der Waals surface area contributed by atoms with Crippen molar-refractivity contribution in [1.29, 1.82) is 0 Å². The molecule has 0 bridgehead atoms. The fourth-order valence-electron chi connectivity index (χ4n) is 0.947. The average molecular weight is 248 g/mol. The maximum absolute atomic E-state index is 11.8. The highest BCUT2D eigenvalue weighted by atomic mass is 31.2. The van der Waals surface area contributed by atoms with Crippen LogP contribution in [-0.2, 0) is 18.1 Å². The van der Waals surface area contributed by atoms with E-state index in [4.69, 9.17) is 13.5 Å². The van der Waals surface area contributed by atoms with Crippen molar-refractivity contribution in [2.45, 2.75) is 13.8 Å². The lowest BCUT2D eigenvalue weighted by atomic mass is 10.5. The van der Waals surface area contributed by atoms with E-state index in [1.807, 2.05) is 0 Å². The number of hydrogen-bond acceptors (Lipinski definition) is 6. The van der Waals surface area contributed by atoms with E-state index in [1.165, 1.54) is 18.4 Å². The van der Waals surface area contributed by atoms with Crippen LogP contribution in [0.5, 0.6) is 0 Å². The summed E-state index contributed by atoms with van der Waals surface area (Å²) in [7, 11) is -3.83. The molecular formula is C9H13O6P. The summed E-state index contributed by atoms with van der Waals surface area (Å²) < 4.78 is 30.8. The summed E-state index contributed by atoms with van der Waals surface area (Å²) >= 11 is 0. The second kappa shape index (κ2) is 5.84. The first-order chi connectivity index (χ1) is 7.61. The van der Waals surface area contributed by atoms with E-state index >= 15 is 0 Å². The maximum atomic E-state index is 11.8. The molecule has 1 heterocycles. The Morgan fingerprint density at radius 1 is 1.38 bits per heavy atom. The van der Waals surface area contributed by atoms with Crippen LogP contribution in [0, 0.1) is 0 Å². The molecule has 0 aromatic carbocycles. The van der Waals surface area contributed by atoms with Crippen LogP contribution in [0.2, 0.25) is 0 Å². The molecule has 0 spiro atoms. The number of phosphoric acid groups is 1. The summed E-state index contributed by atoms with van der Waals surface area (Å²) in [6.45, 7) is 3.46. The topological polar surface area (TPSA) is 75.0 Å².